The molecule has 9 heteroatoms. The van der Waals surface area contributed by atoms with Crippen LogP contribution in [0, 0.1) is 11.2 Å². The van der Waals surface area contributed by atoms with Gasteiger partial charge in [-0.2, -0.15) is 0 Å². The summed E-state index contributed by atoms with van der Waals surface area (Å²) in [6.45, 7) is 6.08. The SMILES string of the molecule is CCN1C(=O)C(C)(C)COc2cc(NS(=O)(=O)c3ccc(F)c(Cl)c3)ccc21. The molecule has 0 atom stereocenters. The monoisotopic (exact) mass is 426 g/mol. The fourth-order valence-corrected chi connectivity index (χ4v) is 4.20. The first kappa shape index (κ1) is 20.4. The molecular weight excluding hydrogens is 407 g/mol. The van der Waals surface area contributed by atoms with Crippen molar-refractivity contribution in [3.8, 4) is 5.75 Å². The Morgan fingerprint density at radius 3 is 2.61 bits per heavy atom. The summed E-state index contributed by atoms with van der Waals surface area (Å²) in [5.74, 6) is -0.368. The van der Waals surface area contributed by atoms with E-state index in [-0.39, 0.29) is 28.1 Å². The molecule has 1 heterocycles. The first-order valence-corrected chi connectivity index (χ1v) is 10.5. The van der Waals surface area contributed by atoms with Crippen LogP contribution >= 0.6 is 11.6 Å². The highest BCUT2D eigenvalue weighted by atomic mass is 35.5. The summed E-state index contributed by atoms with van der Waals surface area (Å²) in [5, 5.41) is -0.285. The summed E-state index contributed by atoms with van der Waals surface area (Å²) in [5.41, 5.74) is 0.118. The largest absolute Gasteiger partial charge is 0.490 e. The summed E-state index contributed by atoms with van der Waals surface area (Å²) in [7, 11) is -3.98. The van der Waals surface area contributed by atoms with Crippen LogP contribution in [0.15, 0.2) is 41.3 Å². The van der Waals surface area contributed by atoms with Crippen LogP contribution in [-0.4, -0.2) is 27.5 Å². The first-order valence-electron chi connectivity index (χ1n) is 8.62. The number of sulfonamides is 1. The van der Waals surface area contributed by atoms with Crippen LogP contribution in [0.4, 0.5) is 15.8 Å². The third kappa shape index (κ3) is 3.79. The minimum atomic E-state index is -3.98. The number of hydrogen-bond acceptors (Lipinski definition) is 4. The van der Waals surface area contributed by atoms with E-state index < -0.39 is 21.3 Å². The second-order valence-corrected chi connectivity index (χ2v) is 9.18. The Balaban J connectivity index is 1.95. The maximum absolute atomic E-state index is 13.3. The van der Waals surface area contributed by atoms with Gasteiger partial charge in [-0.1, -0.05) is 11.6 Å². The van der Waals surface area contributed by atoms with Gasteiger partial charge in [0.05, 0.1) is 26.7 Å². The second kappa shape index (κ2) is 7.25. The predicted octanol–water partition coefficient (Wildman–Crippen LogP) is 4.05. The van der Waals surface area contributed by atoms with Crippen molar-refractivity contribution in [1.29, 1.82) is 0 Å². The molecule has 1 aliphatic heterocycles. The number of halogens is 2. The Morgan fingerprint density at radius 2 is 1.96 bits per heavy atom. The fraction of sp³-hybridized carbons (Fsp3) is 0.316. The Labute approximate surface area is 168 Å². The Kier molecular flexibility index (Phi) is 5.29. The molecule has 0 aliphatic carbocycles. The molecule has 0 saturated heterocycles. The number of benzene rings is 2. The highest BCUT2D eigenvalue weighted by Gasteiger charge is 2.37. The maximum Gasteiger partial charge on any atom is 0.261 e. The number of hydrogen-bond donors (Lipinski definition) is 1. The van der Waals surface area contributed by atoms with Gasteiger partial charge in [-0.15, -0.1) is 0 Å². The van der Waals surface area contributed by atoms with Crippen LogP contribution in [-0.2, 0) is 14.8 Å². The molecule has 150 valence electrons. The lowest BCUT2D eigenvalue weighted by molar-refractivity contribution is -0.127. The zero-order valence-electron chi connectivity index (χ0n) is 15.6. The molecule has 0 radical (unpaired) electrons. The Bertz CT molecular complexity index is 1040. The average molecular weight is 427 g/mol. The van der Waals surface area contributed by atoms with Crippen LogP contribution in [0.5, 0.6) is 5.75 Å². The standard InChI is InChI=1S/C19H20ClFN2O4S/c1-4-23-16-8-5-12(9-17(16)27-11-19(2,3)18(23)24)22-28(25,26)13-6-7-15(21)14(20)10-13/h5-10,22H,4,11H2,1-3H3. The molecule has 0 bridgehead atoms. The zero-order valence-corrected chi connectivity index (χ0v) is 17.2. The number of ether oxygens (including phenoxy) is 1. The molecule has 2 aromatic carbocycles. The van der Waals surface area contributed by atoms with E-state index in [1.807, 2.05) is 6.92 Å². The van der Waals surface area contributed by atoms with Gasteiger partial charge >= 0.3 is 0 Å². The van der Waals surface area contributed by atoms with Crippen molar-refractivity contribution in [3.05, 3.63) is 47.2 Å². The zero-order chi connectivity index (χ0) is 20.7. The summed E-state index contributed by atoms with van der Waals surface area (Å²) in [4.78, 5) is 14.2. The van der Waals surface area contributed by atoms with Gasteiger partial charge in [0.1, 0.15) is 18.2 Å². The van der Waals surface area contributed by atoms with Crippen molar-refractivity contribution in [2.75, 3.05) is 22.8 Å². The van der Waals surface area contributed by atoms with E-state index in [1.165, 1.54) is 6.07 Å². The average Bonchev–Trinajstić information content (AvgIpc) is 2.72. The van der Waals surface area contributed by atoms with Crippen LogP contribution in [0.3, 0.4) is 0 Å². The van der Waals surface area contributed by atoms with Gasteiger partial charge in [0, 0.05) is 12.6 Å². The van der Waals surface area contributed by atoms with Crippen molar-refractivity contribution >= 4 is 38.9 Å². The third-order valence-electron chi connectivity index (χ3n) is 4.43. The molecule has 0 spiro atoms. The van der Waals surface area contributed by atoms with Gasteiger partial charge in [0.15, 0.2) is 0 Å². The number of anilines is 2. The molecule has 0 saturated carbocycles. The first-order chi connectivity index (χ1) is 13.0. The molecule has 2 aromatic rings. The van der Waals surface area contributed by atoms with E-state index in [1.54, 1.807) is 30.9 Å². The van der Waals surface area contributed by atoms with E-state index in [0.29, 0.717) is 18.0 Å². The molecule has 3 rings (SSSR count). The van der Waals surface area contributed by atoms with E-state index in [9.17, 15) is 17.6 Å². The number of fused-ring (bicyclic) bond motifs is 1. The van der Waals surface area contributed by atoms with Gasteiger partial charge in [0.2, 0.25) is 5.91 Å². The maximum atomic E-state index is 13.3. The van der Waals surface area contributed by atoms with Gasteiger partial charge in [-0.05, 0) is 51.1 Å². The number of nitrogens with zero attached hydrogens (tertiary/aromatic N) is 1. The molecule has 1 aliphatic rings. The van der Waals surface area contributed by atoms with Crippen LogP contribution in [0.1, 0.15) is 20.8 Å². The number of nitrogens with one attached hydrogen (secondary N) is 1. The molecule has 1 amide bonds. The molecule has 0 aromatic heterocycles. The van der Waals surface area contributed by atoms with Crippen LogP contribution in [0.2, 0.25) is 5.02 Å². The lowest BCUT2D eigenvalue weighted by Gasteiger charge is -2.26. The second-order valence-electron chi connectivity index (χ2n) is 7.09. The number of amides is 1. The van der Waals surface area contributed by atoms with Gasteiger partial charge in [-0.3, -0.25) is 9.52 Å². The number of carbonyl (C=O) groups excluding carboxylic acids is 1. The predicted molar refractivity (Wildman–Crippen MR) is 106 cm³/mol. The van der Waals surface area contributed by atoms with E-state index in [2.05, 4.69) is 4.72 Å². The lowest BCUT2D eigenvalue weighted by atomic mass is 9.93. The number of rotatable bonds is 4. The topological polar surface area (TPSA) is 75.7 Å². The smallest absolute Gasteiger partial charge is 0.261 e. The molecule has 28 heavy (non-hydrogen) atoms. The molecule has 0 fully saturated rings. The molecule has 1 N–H and O–H groups in total. The molecule has 0 unspecified atom stereocenters. The minimum absolute atomic E-state index is 0.0666. The van der Waals surface area contributed by atoms with Crippen molar-refractivity contribution < 1.29 is 22.3 Å². The summed E-state index contributed by atoms with van der Waals surface area (Å²) in [6, 6.07) is 7.86. The fourth-order valence-electron chi connectivity index (χ4n) is 2.88. The molecule has 6 nitrogen and oxygen atoms in total. The summed E-state index contributed by atoms with van der Waals surface area (Å²) in [6.07, 6.45) is 0. The van der Waals surface area contributed by atoms with E-state index in [0.717, 1.165) is 18.2 Å². The van der Waals surface area contributed by atoms with Crippen LogP contribution < -0.4 is 14.4 Å². The van der Waals surface area contributed by atoms with Crippen molar-refractivity contribution in [3.63, 3.8) is 0 Å². The van der Waals surface area contributed by atoms with E-state index >= 15 is 0 Å². The van der Waals surface area contributed by atoms with Gasteiger partial charge in [-0.25, -0.2) is 12.8 Å². The number of carbonyl (C=O) groups is 1. The highest BCUT2D eigenvalue weighted by molar-refractivity contribution is 7.92. The van der Waals surface area contributed by atoms with Crippen molar-refractivity contribution in [1.82, 2.24) is 0 Å². The minimum Gasteiger partial charge on any atom is -0.490 e. The summed E-state index contributed by atoms with van der Waals surface area (Å²) >= 11 is 5.68. The quantitative estimate of drug-likeness (QED) is 0.800. The normalized spacial score (nSPS) is 16.2. The van der Waals surface area contributed by atoms with Crippen molar-refractivity contribution in [2.24, 2.45) is 5.41 Å². The van der Waals surface area contributed by atoms with Crippen molar-refractivity contribution in [2.45, 2.75) is 25.7 Å². The van der Waals surface area contributed by atoms with Gasteiger partial charge < -0.3 is 9.64 Å². The Hall–Kier alpha value is -2.32. The molecular formula is C19H20ClFN2O4S. The Morgan fingerprint density at radius 1 is 1.25 bits per heavy atom. The van der Waals surface area contributed by atoms with E-state index in [4.69, 9.17) is 16.3 Å². The highest BCUT2D eigenvalue weighted by Crippen LogP contribution is 2.38. The summed E-state index contributed by atoms with van der Waals surface area (Å²) < 4.78 is 46.7. The lowest BCUT2D eigenvalue weighted by Crippen LogP contribution is -2.42. The van der Waals surface area contributed by atoms with Crippen LogP contribution in [0.25, 0.3) is 0 Å². The third-order valence-corrected chi connectivity index (χ3v) is 6.10. The van der Waals surface area contributed by atoms with Gasteiger partial charge in [0.25, 0.3) is 10.0 Å².